The maximum absolute atomic E-state index is 12.3. The smallest absolute Gasteiger partial charge is 0.408 e. The van der Waals surface area contributed by atoms with Crippen LogP contribution in [0.4, 0.5) is 11.4 Å². The number of benzene rings is 2. The van der Waals surface area contributed by atoms with Crippen molar-refractivity contribution in [3.63, 3.8) is 0 Å². The zero-order chi connectivity index (χ0) is 16.6. The van der Waals surface area contributed by atoms with Crippen LogP contribution in [0.15, 0.2) is 56.6 Å². The molecule has 0 aliphatic carbocycles. The van der Waals surface area contributed by atoms with E-state index in [-0.39, 0.29) is 21.9 Å². The highest BCUT2D eigenvalue weighted by molar-refractivity contribution is 7.92. The van der Waals surface area contributed by atoms with Crippen molar-refractivity contribution in [2.75, 3.05) is 4.72 Å². The first-order chi connectivity index (χ1) is 10.8. The molecule has 2 aromatic carbocycles. The average Bonchev–Trinajstić information content (AvgIpc) is 2.86. The van der Waals surface area contributed by atoms with Gasteiger partial charge in [-0.2, -0.15) is 0 Å². The monoisotopic (exact) mass is 335 g/mol. The zero-order valence-corrected chi connectivity index (χ0v) is 12.2. The number of oxazole rings is 1. The van der Waals surface area contributed by atoms with E-state index < -0.39 is 20.7 Å². The van der Waals surface area contributed by atoms with Crippen LogP contribution in [0.1, 0.15) is 0 Å². The van der Waals surface area contributed by atoms with Gasteiger partial charge in [0, 0.05) is 18.2 Å². The third-order valence-corrected chi connectivity index (χ3v) is 4.39. The van der Waals surface area contributed by atoms with E-state index in [9.17, 15) is 23.3 Å². The number of rotatable bonds is 4. The number of aromatic amines is 1. The van der Waals surface area contributed by atoms with Crippen LogP contribution in [0.25, 0.3) is 11.1 Å². The molecule has 10 heteroatoms. The molecule has 23 heavy (non-hydrogen) atoms. The minimum atomic E-state index is -3.99. The maximum Gasteiger partial charge on any atom is 0.417 e. The number of anilines is 1. The molecule has 0 saturated heterocycles. The van der Waals surface area contributed by atoms with E-state index in [4.69, 9.17) is 4.42 Å². The third kappa shape index (κ3) is 2.92. The summed E-state index contributed by atoms with van der Waals surface area (Å²) in [7, 11) is -3.99. The Kier molecular flexibility index (Phi) is 3.37. The normalized spacial score (nSPS) is 11.5. The van der Waals surface area contributed by atoms with Gasteiger partial charge in [-0.05, 0) is 18.2 Å². The van der Waals surface area contributed by atoms with E-state index >= 15 is 0 Å². The highest BCUT2D eigenvalue weighted by Gasteiger charge is 2.17. The molecule has 2 N–H and O–H groups in total. The lowest BCUT2D eigenvalue weighted by molar-refractivity contribution is -0.384. The lowest BCUT2D eigenvalue weighted by Gasteiger charge is -2.07. The standard InChI is InChI=1S/C13H9N3O6S/c17-13-14-11-5-4-10(7-12(11)22-13)23(20,21)15-8-2-1-3-9(6-8)16(18)19/h1-7,15H,(H,14,17). The van der Waals surface area contributed by atoms with Crippen LogP contribution in [0.3, 0.4) is 0 Å². The summed E-state index contributed by atoms with van der Waals surface area (Å²) < 4.78 is 31.7. The summed E-state index contributed by atoms with van der Waals surface area (Å²) in [6.07, 6.45) is 0. The molecule has 118 valence electrons. The number of sulfonamides is 1. The number of nitrogens with zero attached hydrogens (tertiary/aromatic N) is 1. The Morgan fingerprint density at radius 3 is 2.70 bits per heavy atom. The summed E-state index contributed by atoms with van der Waals surface area (Å²) in [6.45, 7) is 0. The molecule has 0 fully saturated rings. The summed E-state index contributed by atoms with van der Waals surface area (Å²) in [5.41, 5.74) is 0.272. The Labute approximate surface area is 128 Å². The fourth-order valence-corrected chi connectivity index (χ4v) is 3.05. The first-order valence-electron chi connectivity index (χ1n) is 6.25. The van der Waals surface area contributed by atoms with Gasteiger partial charge in [0.25, 0.3) is 15.7 Å². The fourth-order valence-electron chi connectivity index (χ4n) is 1.99. The van der Waals surface area contributed by atoms with Gasteiger partial charge in [0.15, 0.2) is 5.58 Å². The molecule has 0 radical (unpaired) electrons. The number of nitrogens with one attached hydrogen (secondary N) is 2. The summed E-state index contributed by atoms with van der Waals surface area (Å²) in [5, 5.41) is 10.7. The Morgan fingerprint density at radius 2 is 1.96 bits per heavy atom. The maximum atomic E-state index is 12.3. The quantitative estimate of drug-likeness (QED) is 0.551. The van der Waals surface area contributed by atoms with E-state index in [1.807, 2.05) is 0 Å². The molecule has 3 aromatic rings. The van der Waals surface area contributed by atoms with Gasteiger partial charge >= 0.3 is 5.76 Å². The van der Waals surface area contributed by atoms with E-state index in [0.29, 0.717) is 5.52 Å². The number of hydrogen-bond acceptors (Lipinski definition) is 6. The Bertz CT molecular complexity index is 1070. The summed E-state index contributed by atoms with van der Waals surface area (Å²) in [5.74, 6) is -0.693. The van der Waals surface area contributed by atoms with Crippen LogP contribution in [0, 0.1) is 10.1 Å². The summed E-state index contributed by atoms with van der Waals surface area (Å²) >= 11 is 0. The molecule has 1 aromatic heterocycles. The van der Waals surface area contributed by atoms with Gasteiger partial charge in [-0.15, -0.1) is 0 Å². The SMILES string of the molecule is O=c1[nH]c2ccc(S(=O)(=O)Nc3cccc([N+](=O)[O-])c3)cc2o1. The molecule has 0 saturated carbocycles. The van der Waals surface area contributed by atoms with Crippen LogP contribution in [0.5, 0.6) is 0 Å². The van der Waals surface area contributed by atoms with E-state index in [0.717, 1.165) is 6.07 Å². The third-order valence-electron chi connectivity index (χ3n) is 3.01. The minimum Gasteiger partial charge on any atom is -0.408 e. The van der Waals surface area contributed by atoms with Gasteiger partial charge in [0.2, 0.25) is 0 Å². The lowest BCUT2D eigenvalue weighted by atomic mass is 10.3. The number of nitro benzene ring substituents is 1. The number of H-pyrrole nitrogens is 1. The van der Waals surface area contributed by atoms with Crippen LogP contribution < -0.4 is 10.5 Å². The van der Waals surface area contributed by atoms with Crippen molar-refractivity contribution in [2.45, 2.75) is 4.90 Å². The molecule has 0 atom stereocenters. The minimum absolute atomic E-state index is 0.0508. The Balaban J connectivity index is 1.98. The van der Waals surface area contributed by atoms with Gasteiger partial charge in [-0.1, -0.05) is 6.07 Å². The van der Waals surface area contributed by atoms with Crippen molar-refractivity contribution in [1.82, 2.24) is 4.98 Å². The number of hydrogen-bond donors (Lipinski definition) is 2. The topological polar surface area (TPSA) is 135 Å². The van der Waals surface area contributed by atoms with Crippen molar-refractivity contribution < 1.29 is 17.8 Å². The van der Waals surface area contributed by atoms with Crippen LogP contribution in [0.2, 0.25) is 0 Å². The number of aromatic nitrogens is 1. The number of fused-ring (bicyclic) bond motifs is 1. The van der Waals surface area contributed by atoms with Crippen molar-refractivity contribution in [3.05, 3.63) is 63.1 Å². The highest BCUT2D eigenvalue weighted by Crippen LogP contribution is 2.22. The first-order valence-corrected chi connectivity index (χ1v) is 7.74. The second kappa shape index (κ2) is 5.25. The van der Waals surface area contributed by atoms with Crippen LogP contribution >= 0.6 is 0 Å². The van der Waals surface area contributed by atoms with Crippen LogP contribution in [-0.4, -0.2) is 18.3 Å². The molecule has 0 unspecified atom stereocenters. The second-order valence-electron chi connectivity index (χ2n) is 4.59. The highest BCUT2D eigenvalue weighted by atomic mass is 32.2. The number of non-ortho nitro benzene ring substituents is 1. The van der Waals surface area contributed by atoms with E-state index in [1.165, 1.54) is 36.4 Å². The second-order valence-corrected chi connectivity index (χ2v) is 6.27. The summed E-state index contributed by atoms with van der Waals surface area (Å²) in [4.78, 5) is 23.4. The van der Waals surface area contributed by atoms with Crippen LogP contribution in [-0.2, 0) is 10.0 Å². The molecule has 9 nitrogen and oxygen atoms in total. The van der Waals surface area contributed by atoms with Crippen molar-refractivity contribution in [3.8, 4) is 0 Å². The van der Waals surface area contributed by atoms with Crippen molar-refractivity contribution in [2.24, 2.45) is 0 Å². The van der Waals surface area contributed by atoms with Crippen molar-refractivity contribution >= 4 is 32.5 Å². The molecular formula is C13H9N3O6S. The van der Waals surface area contributed by atoms with Gasteiger partial charge in [0.05, 0.1) is 21.0 Å². The molecule has 0 amide bonds. The first kappa shape index (κ1) is 14.8. The van der Waals surface area contributed by atoms with Gasteiger partial charge in [0.1, 0.15) is 0 Å². The zero-order valence-electron chi connectivity index (χ0n) is 11.3. The Morgan fingerprint density at radius 1 is 1.17 bits per heavy atom. The van der Waals surface area contributed by atoms with E-state index in [1.54, 1.807) is 0 Å². The van der Waals surface area contributed by atoms with E-state index in [2.05, 4.69) is 9.71 Å². The molecule has 0 aliphatic rings. The molecule has 0 aliphatic heterocycles. The lowest BCUT2D eigenvalue weighted by Crippen LogP contribution is -2.12. The number of nitro groups is 1. The fraction of sp³-hybridized carbons (Fsp3) is 0. The molecule has 1 heterocycles. The molecule has 3 rings (SSSR count). The molecule has 0 bridgehead atoms. The van der Waals surface area contributed by atoms with Gasteiger partial charge in [-0.3, -0.25) is 19.8 Å². The van der Waals surface area contributed by atoms with Gasteiger partial charge in [-0.25, -0.2) is 13.2 Å². The van der Waals surface area contributed by atoms with Gasteiger partial charge < -0.3 is 4.42 Å². The van der Waals surface area contributed by atoms with Crippen molar-refractivity contribution in [1.29, 1.82) is 0 Å². The average molecular weight is 335 g/mol. The molecular weight excluding hydrogens is 326 g/mol. The Hall–Kier alpha value is -3.14. The predicted octanol–water partition coefficient (Wildman–Crippen LogP) is 1.83. The molecule has 0 spiro atoms. The summed E-state index contributed by atoms with van der Waals surface area (Å²) in [6, 6.07) is 8.97. The predicted molar refractivity (Wildman–Crippen MR) is 80.7 cm³/mol. The largest absolute Gasteiger partial charge is 0.417 e.